The molecule has 0 aliphatic carbocycles. The third kappa shape index (κ3) is 5.40. The van der Waals surface area contributed by atoms with Crippen molar-refractivity contribution in [1.82, 2.24) is 4.90 Å². The number of hydrogen-bond donors (Lipinski definition) is 0. The highest BCUT2D eigenvalue weighted by Gasteiger charge is 2.47. The minimum absolute atomic E-state index is 0.00989. The van der Waals surface area contributed by atoms with Crippen LogP contribution in [0.3, 0.4) is 0 Å². The van der Waals surface area contributed by atoms with E-state index in [4.69, 9.17) is 0 Å². The van der Waals surface area contributed by atoms with Gasteiger partial charge in [-0.1, -0.05) is 6.92 Å². The molecule has 0 aromatic heterocycles. The topological polar surface area (TPSA) is 23.6 Å². The first-order valence-electron chi connectivity index (χ1n) is 10.9. The van der Waals surface area contributed by atoms with Crippen molar-refractivity contribution in [1.29, 1.82) is 0 Å². The lowest BCUT2D eigenvalue weighted by atomic mass is 9.74. The molecule has 0 radical (unpaired) electrons. The molecule has 0 bridgehead atoms. The Hall–Kier alpha value is -2.40. The molecule has 0 amide bonds. The Morgan fingerprint density at radius 1 is 0.943 bits per heavy atom. The Balaban J connectivity index is 0.00000167. The lowest BCUT2D eigenvalue weighted by Gasteiger charge is -2.39. The van der Waals surface area contributed by atoms with Crippen LogP contribution in [0.25, 0.3) is 0 Å². The summed E-state index contributed by atoms with van der Waals surface area (Å²) in [6, 6.07) is 4.86. The fraction of sp³-hybridized carbons (Fsp3) is 0.417. The molecule has 3 nitrogen and oxygen atoms in total. The maximum atomic E-state index is 14.1. The second-order valence-corrected chi connectivity index (χ2v) is 9.81. The molecular weight excluding hydrogens is 497 g/mol. The van der Waals surface area contributed by atoms with Crippen LogP contribution >= 0.6 is 0 Å². The third-order valence-corrected chi connectivity index (χ3v) is 7.83. The molecule has 192 valence electrons. The van der Waals surface area contributed by atoms with Crippen molar-refractivity contribution in [3.8, 4) is 0 Å². The van der Waals surface area contributed by atoms with Crippen LogP contribution in [-0.2, 0) is 28.8 Å². The summed E-state index contributed by atoms with van der Waals surface area (Å²) in [4.78, 5) is 1.60. The molecule has 0 N–H and O–H groups in total. The van der Waals surface area contributed by atoms with E-state index in [1.807, 2.05) is 6.92 Å². The van der Waals surface area contributed by atoms with Crippen molar-refractivity contribution in [3.05, 3.63) is 72.1 Å². The first kappa shape index (κ1) is 27.2. The Bertz CT molecular complexity index is 1060. The lowest BCUT2D eigenvalue weighted by molar-refractivity contribution is -0.143. The zero-order valence-corrected chi connectivity index (χ0v) is 19.8. The standard InChI is InChI=1S/C22H21F7N2OS.C2H4/c1-2-30-7-5-20(6-8-30)13-31(19-4-3-16(23)12-18(19)20)33(32)17-10-14(21(24,25)26)9-15(11-17)22(27,28)29;1-2/h3-4,9-12H,2,5-8,13H2,1H3;1-2H2. The van der Waals surface area contributed by atoms with Crippen LogP contribution in [-0.4, -0.2) is 35.3 Å². The molecule has 2 aromatic carbocycles. The number of nitrogens with zero attached hydrogens (tertiary/aromatic N) is 2. The maximum Gasteiger partial charge on any atom is 0.416 e. The zero-order valence-electron chi connectivity index (χ0n) is 19.0. The number of likely N-dealkylation sites (tertiary alicyclic amines) is 1. The van der Waals surface area contributed by atoms with Crippen molar-refractivity contribution < 1.29 is 34.9 Å². The number of fused-ring (bicyclic) bond motifs is 2. The van der Waals surface area contributed by atoms with Crippen LogP contribution in [0.2, 0.25) is 0 Å². The second-order valence-electron chi connectivity index (χ2n) is 8.40. The van der Waals surface area contributed by atoms with Crippen LogP contribution in [0, 0.1) is 5.82 Å². The van der Waals surface area contributed by atoms with Crippen LogP contribution in [0.15, 0.2) is 54.5 Å². The monoisotopic (exact) mass is 522 g/mol. The van der Waals surface area contributed by atoms with E-state index in [2.05, 4.69) is 18.1 Å². The van der Waals surface area contributed by atoms with E-state index in [9.17, 15) is 34.9 Å². The highest BCUT2D eigenvalue weighted by Crippen LogP contribution is 2.49. The molecule has 35 heavy (non-hydrogen) atoms. The minimum Gasteiger partial charge on any atom is -0.304 e. The highest BCUT2D eigenvalue weighted by atomic mass is 32.2. The van der Waals surface area contributed by atoms with E-state index >= 15 is 0 Å². The van der Waals surface area contributed by atoms with Crippen molar-refractivity contribution in [2.75, 3.05) is 30.5 Å². The van der Waals surface area contributed by atoms with Crippen LogP contribution in [0.5, 0.6) is 0 Å². The van der Waals surface area contributed by atoms with E-state index in [1.165, 1.54) is 16.4 Å². The Labute approximate surface area is 201 Å². The molecule has 2 aromatic rings. The molecule has 1 atom stereocenters. The molecule has 1 fully saturated rings. The predicted molar refractivity (Wildman–Crippen MR) is 121 cm³/mol. The lowest BCUT2D eigenvalue weighted by Crippen LogP contribution is -2.45. The minimum atomic E-state index is -5.04. The third-order valence-electron chi connectivity index (χ3n) is 6.47. The van der Waals surface area contributed by atoms with Crippen molar-refractivity contribution in [3.63, 3.8) is 0 Å². The van der Waals surface area contributed by atoms with E-state index in [-0.39, 0.29) is 12.6 Å². The summed E-state index contributed by atoms with van der Waals surface area (Å²) in [6.07, 6.45) is -8.86. The van der Waals surface area contributed by atoms with Crippen LogP contribution in [0.4, 0.5) is 36.4 Å². The average molecular weight is 523 g/mol. The van der Waals surface area contributed by atoms with Gasteiger partial charge in [-0.25, -0.2) is 8.60 Å². The van der Waals surface area contributed by atoms with Gasteiger partial charge in [-0.05, 0) is 74.4 Å². The molecule has 2 aliphatic heterocycles. The first-order chi connectivity index (χ1) is 16.3. The van der Waals surface area contributed by atoms with Crippen LogP contribution < -0.4 is 4.31 Å². The molecular formula is C24H25F7N2OS. The summed E-state index contributed by atoms with van der Waals surface area (Å²) in [6.45, 7) is 10.4. The highest BCUT2D eigenvalue weighted by molar-refractivity contribution is 7.86. The van der Waals surface area contributed by atoms with Crippen molar-refractivity contribution in [2.45, 2.75) is 42.4 Å². The van der Waals surface area contributed by atoms with E-state index in [0.29, 0.717) is 49.3 Å². The van der Waals surface area contributed by atoms with E-state index < -0.39 is 50.6 Å². The number of rotatable bonds is 3. The van der Waals surface area contributed by atoms with Gasteiger partial charge in [-0.3, -0.25) is 4.31 Å². The smallest absolute Gasteiger partial charge is 0.304 e. The molecule has 1 unspecified atom stereocenters. The Morgan fingerprint density at radius 2 is 1.49 bits per heavy atom. The number of piperidine rings is 1. The van der Waals surface area contributed by atoms with Crippen molar-refractivity contribution in [2.24, 2.45) is 0 Å². The summed E-state index contributed by atoms with van der Waals surface area (Å²) in [5.41, 5.74) is -2.66. The molecule has 2 heterocycles. The average Bonchev–Trinajstić information content (AvgIpc) is 3.12. The number of halogens is 7. The van der Waals surface area contributed by atoms with Gasteiger partial charge in [0, 0.05) is 12.0 Å². The largest absolute Gasteiger partial charge is 0.416 e. The van der Waals surface area contributed by atoms with Gasteiger partial charge in [0.2, 0.25) is 0 Å². The van der Waals surface area contributed by atoms with Gasteiger partial charge in [0.1, 0.15) is 5.82 Å². The molecule has 1 saturated heterocycles. The second kappa shape index (κ2) is 9.93. The normalized spacial score (nSPS) is 18.7. The van der Waals surface area contributed by atoms with Gasteiger partial charge in [-0.15, -0.1) is 13.2 Å². The quantitative estimate of drug-likeness (QED) is 0.337. The summed E-state index contributed by atoms with van der Waals surface area (Å²) < 4.78 is 109. The summed E-state index contributed by atoms with van der Waals surface area (Å²) in [5, 5.41) is 0. The maximum absolute atomic E-state index is 14.1. The van der Waals surface area contributed by atoms with Crippen LogP contribution in [0.1, 0.15) is 36.5 Å². The predicted octanol–water partition coefficient (Wildman–Crippen LogP) is 6.56. The van der Waals surface area contributed by atoms with Gasteiger partial charge >= 0.3 is 12.4 Å². The molecule has 0 saturated carbocycles. The van der Waals surface area contributed by atoms with Gasteiger partial charge in [0.05, 0.1) is 21.7 Å². The molecule has 11 heteroatoms. The number of benzene rings is 2. The SMILES string of the molecule is C=C.CCN1CCC2(CC1)CN(S(=O)c1cc(C(F)(F)F)cc(C(F)(F)F)c1)c1ccc(F)cc12. The molecule has 1 spiro atoms. The summed E-state index contributed by atoms with van der Waals surface area (Å²) >= 11 is 0. The van der Waals surface area contributed by atoms with Gasteiger partial charge in [-0.2, -0.15) is 26.3 Å². The fourth-order valence-electron chi connectivity index (χ4n) is 4.62. The van der Waals surface area contributed by atoms with Gasteiger partial charge in [0.25, 0.3) is 0 Å². The Kier molecular flexibility index (Phi) is 7.71. The van der Waals surface area contributed by atoms with E-state index in [1.54, 1.807) is 0 Å². The first-order valence-corrected chi connectivity index (χ1v) is 12.0. The van der Waals surface area contributed by atoms with E-state index in [0.717, 1.165) is 12.6 Å². The number of anilines is 1. The Morgan fingerprint density at radius 3 is 1.97 bits per heavy atom. The summed E-state index contributed by atoms with van der Waals surface area (Å²) in [5.74, 6) is -0.503. The van der Waals surface area contributed by atoms with Gasteiger partial charge < -0.3 is 4.90 Å². The summed E-state index contributed by atoms with van der Waals surface area (Å²) in [7, 11) is -2.36. The molecule has 4 rings (SSSR count). The number of hydrogen-bond acceptors (Lipinski definition) is 2. The van der Waals surface area contributed by atoms with Crippen molar-refractivity contribution >= 4 is 16.7 Å². The zero-order chi connectivity index (χ0) is 26.2. The fourth-order valence-corrected chi connectivity index (χ4v) is 6.04. The van der Waals surface area contributed by atoms with Gasteiger partial charge in [0.15, 0.2) is 11.0 Å². The number of alkyl halides is 6. The molecule has 2 aliphatic rings.